The molecule has 0 atom stereocenters. The van der Waals surface area contributed by atoms with E-state index in [1.54, 1.807) is 3.58 Å². The Morgan fingerprint density at radius 2 is 1.40 bits per heavy atom. The van der Waals surface area contributed by atoms with E-state index in [2.05, 4.69) is 80.1 Å². The van der Waals surface area contributed by atoms with Gasteiger partial charge in [0.15, 0.2) is 0 Å². The van der Waals surface area contributed by atoms with Crippen LogP contribution in [0.15, 0.2) is 42.5 Å². The van der Waals surface area contributed by atoms with Gasteiger partial charge in [-0.05, 0) is 7.05 Å². The molecule has 0 saturated carbocycles. The average molecular weight is 598 g/mol. The van der Waals surface area contributed by atoms with Crippen molar-refractivity contribution in [2.75, 3.05) is 38.1 Å². The number of thiazole rings is 1. The number of anilines is 1. The second kappa shape index (κ2) is 12.9. The number of benzene rings is 2. The SMILES string of the molecule is CCC[CH2][Sn]([CH2]CCC)([CH2]CCC)[c]1ccc2nc(-c3ccc(N4CCN(C)CC4)cc3)sc2c1. The van der Waals surface area contributed by atoms with E-state index in [9.17, 15) is 0 Å². The number of nitrogens with zero attached hydrogens (tertiary/aromatic N) is 3. The van der Waals surface area contributed by atoms with Gasteiger partial charge < -0.3 is 4.90 Å². The molecule has 35 heavy (non-hydrogen) atoms. The van der Waals surface area contributed by atoms with Gasteiger partial charge in [-0.1, -0.05) is 0 Å². The number of fused-ring (bicyclic) bond motifs is 1. The summed E-state index contributed by atoms with van der Waals surface area (Å²) in [7, 11) is 2.21. The van der Waals surface area contributed by atoms with Crippen LogP contribution in [0.3, 0.4) is 0 Å². The molecule has 0 amide bonds. The Morgan fingerprint density at radius 1 is 0.800 bits per heavy atom. The van der Waals surface area contributed by atoms with Gasteiger partial charge in [-0.15, -0.1) is 0 Å². The summed E-state index contributed by atoms with van der Waals surface area (Å²) in [5.41, 5.74) is 3.77. The Balaban J connectivity index is 1.59. The van der Waals surface area contributed by atoms with E-state index in [0.717, 1.165) is 26.2 Å². The molecule has 0 radical (unpaired) electrons. The van der Waals surface area contributed by atoms with Crippen molar-refractivity contribution in [2.45, 2.75) is 72.6 Å². The van der Waals surface area contributed by atoms with E-state index in [0.29, 0.717) is 0 Å². The van der Waals surface area contributed by atoms with Crippen LogP contribution in [0, 0.1) is 0 Å². The zero-order valence-electron chi connectivity index (χ0n) is 22.5. The first kappa shape index (κ1) is 26.9. The number of aromatic nitrogens is 1. The Hall–Kier alpha value is -1.11. The third-order valence-corrected chi connectivity index (χ3v) is 24.7. The summed E-state index contributed by atoms with van der Waals surface area (Å²) in [5.74, 6) is 0. The van der Waals surface area contributed by atoms with E-state index in [4.69, 9.17) is 4.98 Å². The molecule has 1 aliphatic heterocycles. The van der Waals surface area contributed by atoms with Gasteiger partial charge in [0.25, 0.3) is 0 Å². The van der Waals surface area contributed by atoms with Gasteiger partial charge in [0.1, 0.15) is 0 Å². The molecular formula is C30H45N3SSn. The van der Waals surface area contributed by atoms with Crippen LogP contribution < -0.4 is 8.48 Å². The monoisotopic (exact) mass is 599 g/mol. The van der Waals surface area contributed by atoms with Gasteiger partial charge in [0.05, 0.1) is 0 Å². The second-order valence-corrected chi connectivity index (χ2v) is 24.9. The van der Waals surface area contributed by atoms with Crippen molar-refractivity contribution in [2.24, 2.45) is 0 Å². The normalized spacial score (nSPS) is 15.3. The first-order chi connectivity index (χ1) is 17.1. The Bertz CT molecular complexity index is 1030. The third kappa shape index (κ3) is 6.61. The minimum atomic E-state index is -2.41. The molecule has 2 aromatic carbocycles. The number of hydrogen-bond donors (Lipinski definition) is 0. The average Bonchev–Trinajstić information content (AvgIpc) is 3.33. The maximum atomic E-state index is 5.07. The Kier molecular flexibility index (Phi) is 9.94. The summed E-state index contributed by atoms with van der Waals surface area (Å²) in [6.07, 6.45) is 8.22. The summed E-state index contributed by atoms with van der Waals surface area (Å²) in [4.78, 5) is 9.98. The van der Waals surface area contributed by atoms with Gasteiger partial charge in [-0.25, -0.2) is 0 Å². The summed E-state index contributed by atoms with van der Waals surface area (Å²) in [5, 5.41) is 1.17. The fraction of sp³-hybridized carbons (Fsp3) is 0.567. The molecule has 1 fully saturated rings. The van der Waals surface area contributed by atoms with E-state index in [1.165, 1.54) is 78.3 Å². The van der Waals surface area contributed by atoms with Crippen LogP contribution in [0.2, 0.25) is 13.3 Å². The van der Waals surface area contributed by atoms with Gasteiger partial charge in [0, 0.05) is 0 Å². The molecule has 0 spiro atoms. The topological polar surface area (TPSA) is 19.4 Å². The number of unbranched alkanes of at least 4 members (excludes halogenated alkanes) is 3. The van der Waals surface area contributed by atoms with Crippen molar-refractivity contribution in [1.29, 1.82) is 0 Å². The van der Waals surface area contributed by atoms with Crippen molar-refractivity contribution in [3.05, 3.63) is 42.5 Å². The Morgan fingerprint density at radius 3 is 1.97 bits per heavy atom. The van der Waals surface area contributed by atoms with Crippen LogP contribution in [0.1, 0.15) is 59.3 Å². The third-order valence-electron chi connectivity index (χ3n) is 8.01. The van der Waals surface area contributed by atoms with Crippen LogP contribution >= 0.6 is 11.3 Å². The number of likely N-dealkylation sites (N-methyl/N-ethyl adjacent to an activating group) is 1. The molecule has 1 aliphatic rings. The molecule has 0 N–H and O–H groups in total. The molecule has 0 unspecified atom stereocenters. The van der Waals surface area contributed by atoms with Crippen molar-refractivity contribution >= 4 is 49.2 Å². The molecule has 3 nitrogen and oxygen atoms in total. The first-order valence-corrected chi connectivity index (χ1v) is 22.3. The fourth-order valence-corrected chi connectivity index (χ4v) is 22.9. The van der Waals surface area contributed by atoms with Crippen molar-refractivity contribution in [1.82, 2.24) is 9.88 Å². The van der Waals surface area contributed by atoms with Crippen molar-refractivity contribution in [3.63, 3.8) is 0 Å². The Labute approximate surface area is 221 Å². The summed E-state index contributed by atoms with van der Waals surface area (Å²) < 4.78 is 7.73. The van der Waals surface area contributed by atoms with Crippen LogP contribution in [-0.2, 0) is 0 Å². The molecule has 1 saturated heterocycles. The van der Waals surface area contributed by atoms with Crippen LogP contribution in [0.4, 0.5) is 5.69 Å². The zero-order valence-corrected chi connectivity index (χ0v) is 26.2. The fourth-order valence-electron chi connectivity index (χ4n) is 5.61. The standard InChI is InChI=1S/C18H18N3S.3C4H9.Sn/c1-20-10-12-21(13-11-20)15-8-6-14(7-9-15)18-19-16-4-2-3-5-17(16)22-18;3*1-3-4-2;/h2,4-9H,10-13H2,1H3;3*1,3-4H2,2H3;. The first-order valence-electron chi connectivity index (χ1n) is 14.0. The predicted octanol–water partition coefficient (Wildman–Crippen LogP) is 7.77. The van der Waals surface area contributed by atoms with Crippen molar-refractivity contribution in [3.8, 4) is 10.6 Å². The summed E-state index contributed by atoms with van der Waals surface area (Å²) in [6.45, 7) is 11.6. The minimum absolute atomic E-state index is 1.11. The van der Waals surface area contributed by atoms with Gasteiger partial charge in [0.2, 0.25) is 0 Å². The second-order valence-electron chi connectivity index (χ2n) is 10.6. The van der Waals surface area contributed by atoms with Crippen LogP contribution in [-0.4, -0.2) is 61.5 Å². The van der Waals surface area contributed by atoms with Crippen LogP contribution in [0.25, 0.3) is 20.8 Å². The summed E-state index contributed by atoms with van der Waals surface area (Å²) in [6, 6.07) is 16.6. The molecule has 0 aliphatic carbocycles. The number of piperazine rings is 1. The van der Waals surface area contributed by atoms with E-state index >= 15 is 0 Å². The van der Waals surface area contributed by atoms with Crippen molar-refractivity contribution < 1.29 is 0 Å². The predicted molar refractivity (Wildman–Crippen MR) is 159 cm³/mol. The van der Waals surface area contributed by atoms with Gasteiger partial charge in [-0.3, -0.25) is 0 Å². The van der Waals surface area contributed by atoms with Gasteiger partial charge in [-0.2, -0.15) is 0 Å². The molecule has 5 heteroatoms. The number of rotatable bonds is 12. The van der Waals surface area contributed by atoms with E-state index in [-0.39, 0.29) is 0 Å². The summed E-state index contributed by atoms with van der Waals surface area (Å²) >= 11 is -0.513. The number of hydrogen-bond acceptors (Lipinski definition) is 4. The molecule has 1 aromatic heterocycles. The molecule has 0 bridgehead atoms. The van der Waals surface area contributed by atoms with E-state index in [1.807, 2.05) is 11.3 Å². The van der Waals surface area contributed by atoms with Crippen LogP contribution in [0.5, 0.6) is 0 Å². The quantitative estimate of drug-likeness (QED) is 0.199. The molecular weight excluding hydrogens is 553 g/mol. The maximum absolute atomic E-state index is 5.07. The molecule has 2 heterocycles. The molecule has 3 aromatic rings. The van der Waals surface area contributed by atoms with E-state index < -0.39 is 18.4 Å². The zero-order chi connectivity index (χ0) is 24.7. The molecule has 4 rings (SSSR count). The van der Waals surface area contributed by atoms with Gasteiger partial charge >= 0.3 is 211 Å². The molecule has 190 valence electrons.